The highest BCUT2D eigenvalue weighted by Gasteiger charge is 2.36. The van der Waals surface area contributed by atoms with Crippen molar-refractivity contribution < 1.29 is 39.9 Å². The summed E-state index contributed by atoms with van der Waals surface area (Å²) in [5.74, 6) is -4.77. The number of rotatable bonds is 3. The fourth-order valence-corrected chi connectivity index (χ4v) is 4.02. The molecule has 1 atom stereocenters. The van der Waals surface area contributed by atoms with Crippen LogP contribution in [0.1, 0.15) is 31.4 Å². The topological polar surface area (TPSA) is 172 Å². The molecule has 0 radical (unpaired) electrons. The van der Waals surface area contributed by atoms with Gasteiger partial charge < -0.3 is 40.0 Å². The smallest absolute Gasteiger partial charge is 0.238 e. The maximum Gasteiger partial charge on any atom is 0.238 e. The van der Waals surface area contributed by atoms with E-state index in [0.29, 0.717) is 13.0 Å². The normalized spacial score (nSPS) is 16.4. The molecular weight excluding hydrogens is 410 g/mol. The minimum absolute atomic E-state index is 0.0143. The summed E-state index contributed by atoms with van der Waals surface area (Å²) in [5.41, 5.74) is -1.43. The monoisotopic (exact) mass is 429 g/mol. The lowest BCUT2D eigenvalue weighted by Crippen LogP contribution is -2.27. The van der Waals surface area contributed by atoms with Gasteiger partial charge in [-0.25, -0.2) is 0 Å². The lowest BCUT2D eigenvalue weighted by molar-refractivity contribution is -0.128. The molecule has 1 aliphatic heterocycles. The Morgan fingerprint density at radius 2 is 1.58 bits per heavy atom. The first-order chi connectivity index (χ1) is 14.6. The predicted molar refractivity (Wildman–Crippen MR) is 107 cm³/mol. The molecule has 1 fully saturated rings. The van der Waals surface area contributed by atoms with E-state index >= 15 is 0 Å². The van der Waals surface area contributed by atoms with E-state index in [4.69, 9.17) is 4.42 Å². The Morgan fingerprint density at radius 1 is 0.935 bits per heavy atom. The molecule has 2 aromatic carbocycles. The number of hydrogen-bond donors (Lipinski definition) is 6. The van der Waals surface area contributed by atoms with Gasteiger partial charge in [0.25, 0.3) is 0 Å². The zero-order valence-electron chi connectivity index (χ0n) is 16.3. The summed E-state index contributed by atoms with van der Waals surface area (Å²) >= 11 is 0. The molecular formula is C21H19NO9. The van der Waals surface area contributed by atoms with Crippen molar-refractivity contribution in [3.8, 4) is 45.8 Å². The Morgan fingerprint density at radius 3 is 2.19 bits per heavy atom. The van der Waals surface area contributed by atoms with Gasteiger partial charge in [-0.3, -0.25) is 9.59 Å². The van der Waals surface area contributed by atoms with Gasteiger partial charge >= 0.3 is 0 Å². The van der Waals surface area contributed by atoms with Crippen LogP contribution in [0.4, 0.5) is 0 Å². The van der Waals surface area contributed by atoms with E-state index in [1.165, 1.54) is 4.90 Å². The molecule has 1 aromatic heterocycles. The van der Waals surface area contributed by atoms with Crippen LogP contribution in [-0.2, 0) is 4.79 Å². The lowest BCUT2D eigenvalue weighted by Gasteiger charge is -2.25. The molecule has 0 bridgehead atoms. The summed E-state index contributed by atoms with van der Waals surface area (Å²) in [6.45, 7) is 2.09. The van der Waals surface area contributed by atoms with Gasteiger partial charge in [-0.1, -0.05) is 0 Å². The van der Waals surface area contributed by atoms with Crippen LogP contribution in [0.3, 0.4) is 0 Å². The summed E-state index contributed by atoms with van der Waals surface area (Å²) < 4.78 is 5.51. The zero-order chi connectivity index (χ0) is 22.6. The molecule has 1 saturated heterocycles. The van der Waals surface area contributed by atoms with E-state index in [1.807, 2.05) is 0 Å². The van der Waals surface area contributed by atoms with Gasteiger partial charge in [0, 0.05) is 24.6 Å². The van der Waals surface area contributed by atoms with Crippen LogP contribution in [0.15, 0.2) is 27.4 Å². The van der Waals surface area contributed by atoms with E-state index in [2.05, 4.69) is 0 Å². The number of likely N-dealkylation sites (tertiary alicyclic amines) is 1. The van der Waals surface area contributed by atoms with E-state index in [0.717, 1.165) is 18.2 Å². The number of phenols is 5. The largest absolute Gasteiger partial charge is 0.507 e. The standard InChI is InChI=1S/C21H19NO9/c1-2-22-9(3-4-14(22)26)15-10(23)7-13-16(18(15)28)19(29)20(30)21(31-13)8-5-11(24)17(27)12(25)6-8/h5-7,9,23-25,27-28,30H,2-4H2,1H3/t9-/m1/s1. The number of nitrogens with zero attached hydrogens (tertiary/aromatic N) is 1. The Balaban J connectivity index is 1.97. The molecule has 10 nitrogen and oxygen atoms in total. The van der Waals surface area contributed by atoms with E-state index in [-0.39, 0.29) is 29.0 Å². The second kappa shape index (κ2) is 7.01. The predicted octanol–water partition coefficient (Wildman–Crippen LogP) is 2.38. The fraction of sp³-hybridized carbons (Fsp3) is 0.238. The molecule has 6 N–H and O–H groups in total. The SMILES string of the molecule is CCN1C(=O)CC[C@@H]1c1c(O)cc2oc(-c3cc(O)c(O)c(O)c3)c(O)c(=O)c2c1O. The summed E-state index contributed by atoms with van der Waals surface area (Å²) in [7, 11) is 0. The molecule has 0 unspecified atom stereocenters. The Bertz CT molecular complexity index is 1270. The van der Waals surface area contributed by atoms with Crippen LogP contribution in [0.5, 0.6) is 34.5 Å². The van der Waals surface area contributed by atoms with Crippen LogP contribution in [0, 0.1) is 0 Å². The fourth-order valence-electron chi connectivity index (χ4n) is 4.02. The van der Waals surface area contributed by atoms with E-state index < -0.39 is 57.1 Å². The second-order valence-electron chi connectivity index (χ2n) is 7.24. The number of amides is 1. The van der Waals surface area contributed by atoms with Gasteiger partial charge in [0.05, 0.1) is 11.6 Å². The summed E-state index contributed by atoms with van der Waals surface area (Å²) in [5, 5.41) is 60.3. The van der Waals surface area contributed by atoms with Crippen molar-refractivity contribution in [3.63, 3.8) is 0 Å². The highest BCUT2D eigenvalue weighted by atomic mass is 16.4. The highest BCUT2D eigenvalue weighted by molar-refractivity contribution is 5.91. The van der Waals surface area contributed by atoms with Gasteiger partial charge in [-0.2, -0.15) is 0 Å². The number of carbonyl (C=O) groups excluding carboxylic acids is 1. The third-order valence-corrected chi connectivity index (χ3v) is 5.49. The van der Waals surface area contributed by atoms with Crippen LogP contribution >= 0.6 is 0 Å². The molecule has 0 aliphatic carbocycles. The van der Waals surface area contributed by atoms with Crippen molar-refractivity contribution in [2.75, 3.05) is 6.54 Å². The summed E-state index contributed by atoms with van der Waals surface area (Å²) in [4.78, 5) is 26.4. The molecule has 0 saturated carbocycles. The van der Waals surface area contributed by atoms with Gasteiger partial charge in [0.2, 0.25) is 17.1 Å². The number of aromatic hydroxyl groups is 6. The first-order valence-electron chi connectivity index (χ1n) is 9.45. The molecule has 4 rings (SSSR count). The zero-order valence-corrected chi connectivity index (χ0v) is 16.3. The van der Waals surface area contributed by atoms with Gasteiger partial charge in [0.1, 0.15) is 22.5 Å². The Kier molecular flexibility index (Phi) is 4.57. The van der Waals surface area contributed by atoms with E-state index in [1.54, 1.807) is 6.92 Å². The second-order valence-corrected chi connectivity index (χ2v) is 7.24. The van der Waals surface area contributed by atoms with Crippen molar-refractivity contribution in [1.29, 1.82) is 0 Å². The van der Waals surface area contributed by atoms with Crippen LogP contribution < -0.4 is 5.43 Å². The third kappa shape index (κ3) is 2.95. The average Bonchev–Trinajstić information content (AvgIpc) is 3.08. The lowest BCUT2D eigenvalue weighted by atomic mass is 9.98. The molecule has 0 spiro atoms. The van der Waals surface area contributed by atoms with Crippen molar-refractivity contribution in [1.82, 2.24) is 4.90 Å². The van der Waals surface area contributed by atoms with Crippen molar-refractivity contribution in [3.05, 3.63) is 34.0 Å². The number of phenolic OH excluding ortho intramolecular Hbond substituents is 5. The highest BCUT2D eigenvalue weighted by Crippen LogP contribution is 2.47. The van der Waals surface area contributed by atoms with Crippen LogP contribution in [0.2, 0.25) is 0 Å². The quantitative estimate of drug-likeness (QED) is 0.342. The number of hydrogen-bond acceptors (Lipinski definition) is 9. The minimum Gasteiger partial charge on any atom is -0.507 e. The molecule has 1 amide bonds. The molecule has 10 heteroatoms. The Labute approximate surface area is 174 Å². The van der Waals surface area contributed by atoms with Crippen LogP contribution in [-0.4, -0.2) is 48.0 Å². The summed E-state index contributed by atoms with van der Waals surface area (Å²) in [6, 6.07) is 2.35. The molecule has 1 aliphatic rings. The van der Waals surface area contributed by atoms with E-state index in [9.17, 15) is 40.2 Å². The maximum atomic E-state index is 12.9. The molecule has 31 heavy (non-hydrogen) atoms. The molecule has 3 aromatic rings. The van der Waals surface area contributed by atoms with Gasteiger partial charge in [0.15, 0.2) is 23.0 Å². The maximum absolute atomic E-state index is 12.9. The Hall–Kier alpha value is -4.08. The molecule has 162 valence electrons. The number of carbonyl (C=O) groups is 1. The van der Waals surface area contributed by atoms with Crippen LogP contribution in [0.25, 0.3) is 22.3 Å². The average molecular weight is 429 g/mol. The van der Waals surface area contributed by atoms with Crippen molar-refractivity contribution >= 4 is 16.9 Å². The first-order valence-corrected chi connectivity index (χ1v) is 9.45. The molecule has 2 heterocycles. The van der Waals surface area contributed by atoms with Gasteiger partial charge in [-0.05, 0) is 25.5 Å². The van der Waals surface area contributed by atoms with Crippen molar-refractivity contribution in [2.24, 2.45) is 0 Å². The number of benzene rings is 2. The number of fused-ring (bicyclic) bond motifs is 1. The minimum atomic E-state index is -1.02. The van der Waals surface area contributed by atoms with Gasteiger partial charge in [-0.15, -0.1) is 0 Å². The third-order valence-electron chi connectivity index (χ3n) is 5.49. The summed E-state index contributed by atoms with van der Waals surface area (Å²) in [6.07, 6.45) is 0.558. The first kappa shape index (κ1) is 20.2. The van der Waals surface area contributed by atoms with Crippen molar-refractivity contribution in [2.45, 2.75) is 25.8 Å².